The molecule has 0 spiro atoms. The van der Waals surface area contributed by atoms with Gasteiger partial charge in [0.25, 0.3) is 0 Å². The quantitative estimate of drug-likeness (QED) is 0.167. The van der Waals surface area contributed by atoms with Crippen LogP contribution in [0.1, 0.15) is 25.0 Å². The first kappa shape index (κ1) is 38.1. The van der Waals surface area contributed by atoms with Crippen molar-refractivity contribution in [2.75, 3.05) is 0 Å². The number of para-hydroxylation sites is 3. The second-order valence-electron chi connectivity index (χ2n) is 18.1. The van der Waals surface area contributed by atoms with Gasteiger partial charge in [0.2, 0.25) is 0 Å². The molecule has 0 bridgehead atoms. The van der Waals surface area contributed by atoms with Crippen molar-refractivity contribution in [2.45, 2.75) is 19.3 Å². The van der Waals surface area contributed by atoms with E-state index in [1.54, 1.807) is 0 Å². The number of rotatable bonds is 6. The molecule has 13 rings (SSSR count). The third-order valence-corrected chi connectivity index (χ3v) is 14.0. The highest BCUT2D eigenvalue weighted by Gasteiger charge is 2.37. The highest BCUT2D eigenvalue weighted by Crippen LogP contribution is 2.53. The maximum Gasteiger partial charge on any atom is 0.160 e. The van der Waals surface area contributed by atoms with Gasteiger partial charge in [0.15, 0.2) is 5.82 Å². The first-order valence-electron chi connectivity index (χ1n) is 22.8. The number of hydrogen-bond acceptors (Lipinski definition) is 2. The molecule has 2 heterocycles. The molecule has 310 valence electrons. The van der Waals surface area contributed by atoms with Gasteiger partial charge in [0, 0.05) is 44.1 Å². The molecule has 0 fully saturated rings. The predicted octanol–water partition coefficient (Wildman–Crippen LogP) is 16.5. The number of nitrogens with zero attached hydrogens (tertiary/aromatic N) is 3. The smallest absolute Gasteiger partial charge is 0.160 e. The van der Waals surface area contributed by atoms with Crippen molar-refractivity contribution in [3.8, 4) is 73.0 Å². The topological polar surface area (TPSA) is 30.7 Å². The van der Waals surface area contributed by atoms with E-state index in [4.69, 9.17) is 9.97 Å². The second-order valence-corrected chi connectivity index (χ2v) is 18.1. The van der Waals surface area contributed by atoms with E-state index in [2.05, 4.69) is 237 Å². The summed E-state index contributed by atoms with van der Waals surface area (Å²) in [7, 11) is 0. The third kappa shape index (κ3) is 5.90. The molecule has 3 heteroatoms. The van der Waals surface area contributed by atoms with E-state index in [9.17, 15) is 0 Å². The zero-order chi connectivity index (χ0) is 43.9. The largest absolute Gasteiger partial charge is 0.309 e. The summed E-state index contributed by atoms with van der Waals surface area (Å²) in [6, 6.07) is 81.4. The summed E-state index contributed by atoms with van der Waals surface area (Å²) >= 11 is 0. The molecule has 0 unspecified atom stereocenters. The second kappa shape index (κ2) is 14.8. The van der Waals surface area contributed by atoms with Gasteiger partial charge in [0.1, 0.15) is 0 Å². The normalized spacial score (nSPS) is 12.8. The van der Waals surface area contributed by atoms with Gasteiger partial charge in [-0.2, -0.15) is 0 Å². The van der Waals surface area contributed by atoms with Crippen molar-refractivity contribution in [1.29, 1.82) is 0 Å². The summed E-state index contributed by atoms with van der Waals surface area (Å²) in [6.45, 7) is 4.70. The SMILES string of the molecule is CC1(C)c2cc3ccccc3cc2-c2c(-c3cc(-c4ccc(-c5cccc(-c6cccc7c8ccccc8n(-c8ccccc8)c67)c5)c5ccccc45)nc(-c4ccccc4)n3)cccc21. The highest BCUT2D eigenvalue weighted by molar-refractivity contribution is 6.14. The lowest BCUT2D eigenvalue weighted by Gasteiger charge is -2.22. The van der Waals surface area contributed by atoms with Gasteiger partial charge >= 0.3 is 0 Å². The molecule has 0 N–H and O–H groups in total. The number of aromatic nitrogens is 3. The van der Waals surface area contributed by atoms with Crippen molar-refractivity contribution in [2.24, 2.45) is 0 Å². The van der Waals surface area contributed by atoms with Crippen molar-refractivity contribution in [3.63, 3.8) is 0 Å². The van der Waals surface area contributed by atoms with Crippen molar-refractivity contribution in [1.82, 2.24) is 14.5 Å². The summed E-state index contributed by atoms with van der Waals surface area (Å²) < 4.78 is 2.42. The Morgan fingerprint density at radius 2 is 0.924 bits per heavy atom. The van der Waals surface area contributed by atoms with Crippen molar-refractivity contribution >= 4 is 43.4 Å². The van der Waals surface area contributed by atoms with Gasteiger partial charge in [0.05, 0.1) is 22.4 Å². The molecule has 0 amide bonds. The molecular formula is C63H43N3. The average Bonchev–Trinajstić information content (AvgIpc) is 3.83. The Hall–Kier alpha value is -8.40. The Morgan fingerprint density at radius 3 is 1.71 bits per heavy atom. The molecule has 0 saturated carbocycles. The van der Waals surface area contributed by atoms with Crippen LogP contribution in [0.15, 0.2) is 224 Å². The minimum absolute atomic E-state index is 0.168. The van der Waals surface area contributed by atoms with Crippen molar-refractivity contribution < 1.29 is 0 Å². The minimum atomic E-state index is -0.168. The van der Waals surface area contributed by atoms with Crippen LogP contribution in [0.5, 0.6) is 0 Å². The lowest BCUT2D eigenvalue weighted by Crippen LogP contribution is -2.14. The molecule has 66 heavy (non-hydrogen) atoms. The van der Waals surface area contributed by atoms with Crippen LogP contribution in [0.4, 0.5) is 0 Å². The maximum atomic E-state index is 5.39. The Morgan fingerprint density at radius 1 is 0.364 bits per heavy atom. The number of fused-ring (bicyclic) bond motifs is 8. The van der Waals surface area contributed by atoms with Crippen LogP contribution in [0, 0.1) is 0 Å². The molecule has 2 aromatic heterocycles. The summed E-state index contributed by atoms with van der Waals surface area (Å²) in [5.74, 6) is 0.708. The molecule has 1 aliphatic carbocycles. The van der Waals surface area contributed by atoms with E-state index >= 15 is 0 Å². The number of benzene rings is 10. The van der Waals surface area contributed by atoms with Gasteiger partial charge in [-0.3, -0.25) is 0 Å². The predicted molar refractivity (Wildman–Crippen MR) is 276 cm³/mol. The summed E-state index contributed by atoms with van der Waals surface area (Å²) in [5.41, 5.74) is 18.3. The molecule has 0 saturated heterocycles. The van der Waals surface area contributed by atoms with Crippen LogP contribution in [-0.4, -0.2) is 14.5 Å². The minimum Gasteiger partial charge on any atom is -0.309 e. The molecule has 3 nitrogen and oxygen atoms in total. The Bertz CT molecular complexity index is 3900. The summed E-state index contributed by atoms with van der Waals surface area (Å²) in [5, 5.41) is 7.32. The standard InChI is InChI=1S/C63H43N3/c1-63(2)55-32-17-31-53(60(55)54-37-41-20-9-10-21-42(41)38-56(54)63)58-39-57(64-62(65-58)40-18-5-3-6-19-40)50-35-34-46(48-26-11-12-27-49(48)50)43-22-15-23-44(36-43)47-29-16-30-52-51-28-13-14-33-59(51)66(61(47)52)45-24-7-4-8-25-45/h3-39H,1-2H3. The molecule has 0 radical (unpaired) electrons. The van der Waals surface area contributed by atoms with Crippen LogP contribution in [0.25, 0.3) is 116 Å². The summed E-state index contributed by atoms with van der Waals surface area (Å²) in [6.07, 6.45) is 0. The van der Waals surface area contributed by atoms with E-state index < -0.39 is 0 Å². The van der Waals surface area contributed by atoms with Gasteiger partial charge in [-0.25, -0.2) is 9.97 Å². The lowest BCUT2D eigenvalue weighted by atomic mass is 9.81. The van der Waals surface area contributed by atoms with Gasteiger partial charge in [-0.15, -0.1) is 0 Å². The molecule has 0 atom stereocenters. The molecule has 10 aromatic carbocycles. The Kier molecular flexibility index (Phi) is 8.56. The Balaban J connectivity index is 0.980. The summed E-state index contributed by atoms with van der Waals surface area (Å²) in [4.78, 5) is 10.8. The molecular weight excluding hydrogens is 799 g/mol. The highest BCUT2D eigenvalue weighted by atomic mass is 15.0. The fraction of sp³-hybridized carbons (Fsp3) is 0.0476. The fourth-order valence-electron chi connectivity index (χ4n) is 10.9. The zero-order valence-corrected chi connectivity index (χ0v) is 36.7. The maximum absolute atomic E-state index is 5.39. The first-order valence-corrected chi connectivity index (χ1v) is 22.8. The molecule has 12 aromatic rings. The zero-order valence-electron chi connectivity index (χ0n) is 36.7. The van der Waals surface area contributed by atoms with E-state index in [0.29, 0.717) is 5.82 Å². The lowest BCUT2D eigenvalue weighted by molar-refractivity contribution is 0.661. The number of hydrogen-bond donors (Lipinski definition) is 0. The van der Waals surface area contributed by atoms with E-state index in [-0.39, 0.29) is 5.41 Å². The van der Waals surface area contributed by atoms with Gasteiger partial charge < -0.3 is 4.57 Å². The van der Waals surface area contributed by atoms with Crippen LogP contribution in [0.3, 0.4) is 0 Å². The van der Waals surface area contributed by atoms with E-state index in [0.717, 1.165) is 44.7 Å². The van der Waals surface area contributed by atoms with E-state index in [1.807, 2.05) is 6.07 Å². The third-order valence-electron chi connectivity index (χ3n) is 14.0. The Labute approximate surface area is 384 Å². The van der Waals surface area contributed by atoms with Crippen LogP contribution in [0.2, 0.25) is 0 Å². The van der Waals surface area contributed by atoms with E-state index in [1.165, 1.54) is 76.9 Å². The van der Waals surface area contributed by atoms with Gasteiger partial charge in [-0.1, -0.05) is 196 Å². The van der Waals surface area contributed by atoms with Gasteiger partial charge in [-0.05, 0) is 103 Å². The fourth-order valence-corrected chi connectivity index (χ4v) is 10.9. The molecule has 0 aliphatic heterocycles. The van der Waals surface area contributed by atoms with Crippen molar-refractivity contribution in [3.05, 3.63) is 236 Å². The monoisotopic (exact) mass is 841 g/mol. The van der Waals surface area contributed by atoms with Crippen LogP contribution < -0.4 is 0 Å². The first-order chi connectivity index (χ1) is 32.5. The van der Waals surface area contributed by atoms with Crippen LogP contribution >= 0.6 is 0 Å². The van der Waals surface area contributed by atoms with Crippen LogP contribution in [-0.2, 0) is 5.41 Å². The average molecular weight is 842 g/mol. The molecule has 1 aliphatic rings.